The van der Waals surface area contributed by atoms with E-state index in [1.165, 1.54) is 41.3 Å². The molecule has 0 fully saturated rings. The Morgan fingerprint density at radius 2 is 1.58 bits per heavy atom. The highest BCUT2D eigenvalue weighted by Crippen LogP contribution is 2.32. The third kappa shape index (κ3) is 8.73. The number of carbonyl (C=O) groups excluding carboxylic acids is 1. The Bertz CT molecular complexity index is 2140. The van der Waals surface area contributed by atoms with Crippen molar-refractivity contribution in [3.8, 4) is 11.1 Å². The van der Waals surface area contributed by atoms with E-state index in [0.29, 0.717) is 22.3 Å². The van der Waals surface area contributed by atoms with Gasteiger partial charge in [-0.2, -0.15) is 18.2 Å². The summed E-state index contributed by atoms with van der Waals surface area (Å²) in [5.41, 5.74) is -1.01. The fourth-order valence-electron chi connectivity index (χ4n) is 5.12. The summed E-state index contributed by atoms with van der Waals surface area (Å²) in [4.78, 5) is 34.2. The van der Waals surface area contributed by atoms with E-state index < -0.39 is 78.5 Å². The molecule has 0 N–H and O–H groups in total. The van der Waals surface area contributed by atoms with Crippen LogP contribution in [-0.4, -0.2) is 51.3 Å². The Morgan fingerprint density at radius 3 is 2.19 bits per heavy atom. The number of hydrogen-bond donors (Lipinski definition) is 0. The van der Waals surface area contributed by atoms with Crippen molar-refractivity contribution in [2.75, 3.05) is 26.1 Å². The average molecular weight is 690 g/mol. The molecule has 1 heterocycles. The van der Waals surface area contributed by atoms with Crippen LogP contribution in [0.3, 0.4) is 0 Å². The molecule has 0 bridgehead atoms. The largest absolute Gasteiger partial charge is 0.416 e. The molecule has 0 saturated heterocycles. The molecular formula is C37H40F4N4O2S. The number of carbonyl (C=O) groups is 1. The molecule has 254 valence electrons. The van der Waals surface area contributed by atoms with E-state index in [1.54, 1.807) is 24.3 Å². The normalized spacial score (nSPS) is 21.4. The van der Waals surface area contributed by atoms with E-state index in [-0.39, 0.29) is 30.5 Å². The third-order valence-corrected chi connectivity index (χ3v) is 8.75. The van der Waals surface area contributed by atoms with Crippen LogP contribution in [0.5, 0.6) is 0 Å². The maximum Gasteiger partial charge on any atom is 0.416 e. The molecule has 1 aliphatic rings. The summed E-state index contributed by atoms with van der Waals surface area (Å²) in [6.45, 7) is -2.49. The van der Waals surface area contributed by atoms with Crippen LogP contribution >= 0.6 is 11.8 Å². The van der Waals surface area contributed by atoms with Gasteiger partial charge in [0.25, 0.3) is 5.56 Å². The molecule has 48 heavy (non-hydrogen) atoms. The van der Waals surface area contributed by atoms with Crippen molar-refractivity contribution in [3.63, 3.8) is 0 Å². The quantitative estimate of drug-likeness (QED) is 0.0829. The van der Waals surface area contributed by atoms with Crippen molar-refractivity contribution in [3.05, 3.63) is 117 Å². The maximum absolute atomic E-state index is 14.5. The summed E-state index contributed by atoms with van der Waals surface area (Å²) in [7, 11) is 0. The number of hydrogen-bond acceptors (Lipinski definition) is 5. The van der Waals surface area contributed by atoms with E-state index in [2.05, 4.69) is 4.98 Å². The summed E-state index contributed by atoms with van der Waals surface area (Å²) >= 11 is 0.910. The van der Waals surface area contributed by atoms with Crippen LogP contribution in [0.4, 0.5) is 17.6 Å². The smallest absolute Gasteiger partial charge is 0.336 e. The highest BCUT2D eigenvalue weighted by atomic mass is 32.2. The minimum atomic E-state index is -4.51. The summed E-state index contributed by atoms with van der Waals surface area (Å²) in [5.74, 6) is -3.69. The standard InChI is InChI=1S/C37H40F4N4O2S/c1-4-43(5-2)18-19-44(22-26-6-10-28(11-7-26)29-12-14-30(15-13-29)37(39,40)41)34(46)23-45-33-21-25(3)20-32(33)35(47)42-36(45)48-24-27-8-16-31(38)17-9-27/h6-17,25H,4-5,18-24H2,1-3H3/i4D2,5D2,20D2,21D2,25D. The van der Waals surface area contributed by atoms with Crippen molar-refractivity contribution < 1.29 is 34.7 Å². The summed E-state index contributed by atoms with van der Waals surface area (Å²) < 4.78 is 131. The lowest BCUT2D eigenvalue weighted by molar-refractivity contribution is -0.137. The molecular weight excluding hydrogens is 640 g/mol. The van der Waals surface area contributed by atoms with Gasteiger partial charge < -0.3 is 14.4 Å². The van der Waals surface area contributed by atoms with Crippen molar-refractivity contribution in [1.82, 2.24) is 19.4 Å². The average Bonchev–Trinajstić information content (AvgIpc) is 3.21. The predicted octanol–water partition coefficient (Wildman–Crippen LogP) is 7.47. The molecule has 5 rings (SSSR count). The number of fused-ring (bicyclic) bond motifs is 1. The number of likely N-dealkylation sites (N-methyl/N-ethyl adjacent to an activating group) is 1. The topological polar surface area (TPSA) is 58.4 Å². The van der Waals surface area contributed by atoms with Gasteiger partial charge in [-0.05, 0) is 78.2 Å². The van der Waals surface area contributed by atoms with E-state index in [4.69, 9.17) is 12.3 Å². The Balaban J connectivity index is 1.55. The van der Waals surface area contributed by atoms with Gasteiger partial charge in [0, 0.05) is 49.0 Å². The van der Waals surface area contributed by atoms with Crippen molar-refractivity contribution in [2.45, 2.75) is 63.7 Å². The lowest BCUT2D eigenvalue weighted by Crippen LogP contribution is -2.40. The van der Waals surface area contributed by atoms with Gasteiger partial charge in [-0.1, -0.05) is 81.1 Å². The first kappa shape index (κ1) is 25.1. The SMILES string of the molecule is [2H]C([2H])(C)N(CCN(Cc1ccc(-c2ccc(C(F)(F)F)cc2)cc1)C(=O)Cn1c(SCc2ccc(F)cc2)nc(=O)c2c1C([2H])([2H])C([2H])(C)C2([2H])[2H])C([2H])([2H])C. The second kappa shape index (κ2) is 15.5. The van der Waals surface area contributed by atoms with Gasteiger partial charge in [0.15, 0.2) is 5.16 Å². The Kier molecular flexibility index (Phi) is 8.10. The molecule has 1 aliphatic carbocycles. The van der Waals surface area contributed by atoms with E-state index in [1.807, 2.05) is 0 Å². The molecule has 0 radical (unpaired) electrons. The Labute approximate surface area is 295 Å². The number of amides is 1. The first-order chi connectivity index (χ1) is 26.2. The number of alkyl halides is 3. The highest BCUT2D eigenvalue weighted by Gasteiger charge is 2.30. The third-order valence-electron chi connectivity index (χ3n) is 7.70. The maximum atomic E-state index is 14.5. The van der Waals surface area contributed by atoms with Crippen LogP contribution in [0, 0.1) is 11.7 Å². The van der Waals surface area contributed by atoms with E-state index in [9.17, 15) is 27.2 Å². The summed E-state index contributed by atoms with van der Waals surface area (Å²) in [6, 6.07) is 16.5. The zero-order valence-corrected chi connectivity index (χ0v) is 27.3. The van der Waals surface area contributed by atoms with E-state index in [0.717, 1.165) is 54.1 Å². The first-order valence-electron chi connectivity index (χ1n) is 19.5. The molecule has 1 aromatic heterocycles. The van der Waals surface area contributed by atoms with Gasteiger partial charge in [-0.15, -0.1) is 0 Å². The number of rotatable bonds is 13. The lowest BCUT2D eigenvalue weighted by Gasteiger charge is -2.28. The zero-order valence-electron chi connectivity index (χ0n) is 35.5. The minimum absolute atomic E-state index is 0.0782. The summed E-state index contributed by atoms with van der Waals surface area (Å²) in [5, 5.41) is -0.175. The molecule has 0 saturated carbocycles. The molecule has 6 nitrogen and oxygen atoms in total. The van der Waals surface area contributed by atoms with Crippen LogP contribution in [0.15, 0.2) is 82.7 Å². The van der Waals surface area contributed by atoms with Gasteiger partial charge in [0.2, 0.25) is 5.91 Å². The highest BCUT2D eigenvalue weighted by molar-refractivity contribution is 7.98. The molecule has 1 atom stereocenters. The first-order valence-corrected chi connectivity index (χ1v) is 16.0. The van der Waals surface area contributed by atoms with E-state index >= 15 is 0 Å². The van der Waals surface area contributed by atoms with Gasteiger partial charge >= 0.3 is 6.18 Å². The van der Waals surface area contributed by atoms with Crippen molar-refractivity contribution in [2.24, 2.45) is 5.89 Å². The van der Waals surface area contributed by atoms with Gasteiger partial charge in [0.05, 0.1) is 5.56 Å². The molecule has 4 aromatic rings. The molecule has 11 heteroatoms. The molecule has 1 unspecified atom stereocenters. The fourth-order valence-corrected chi connectivity index (χ4v) is 6.06. The van der Waals surface area contributed by atoms with Crippen molar-refractivity contribution in [1.29, 1.82) is 0 Å². The molecule has 0 spiro atoms. The number of thioether (sulfide) groups is 1. The number of benzene rings is 3. The predicted molar refractivity (Wildman–Crippen MR) is 181 cm³/mol. The van der Waals surface area contributed by atoms with Gasteiger partial charge in [-0.25, -0.2) is 4.39 Å². The molecule has 0 aliphatic heterocycles. The minimum Gasteiger partial charge on any atom is -0.336 e. The van der Waals surface area contributed by atoms with Crippen LogP contribution in [0.2, 0.25) is 0 Å². The number of halogens is 4. The van der Waals surface area contributed by atoms with Gasteiger partial charge in [0.1, 0.15) is 12.4 Å². The molecule has 1 amide bonds. The summed E-state index contributed by atoms with van der Waals surface area (Å²) in [6.07, 6.45) is -10.2. The van der Waals surface area contributed by atoms with Gasteiger partial charge in [-0.3, -0.25) is 9.59 Å². The Morgan fingerprint density at radius 1 is 0.979 bits per heavy atom. The number of aromatic nitrogens is 2. The second-order valence-electron chi connectivity index (χ2n) is 11.0. The lowest BCUT2D eigenvalue weighted by atomic mass is 10.0. The van der Waals surface area contributed by atoms with Crippen molar-refractivity contribution >= 4 is 17.7 Å². The van der Waals surface area contributed by atoms with Crippen LogP contribution < -0.4 is 5.56 Å². The fraction of sp³-hybridized carbons (Fsp3) is 0.378. The monoisotopic (exact) mass is 689 g/mol. The second-order valence-corrected chi connectivity index (χ2v) is 11.9. The number of nitrogens with zero attached hydrogens (tertiary/aromatic N) is 4. The molecule has 3 aromatic carbocycles. The van der Waals surface area contributed by atoms with Crippen LogP contribution in [0.1, 0.15) is 61.1 Å². The van der Waals surface area contributed by atoms with Crippen LogP contribution in [0.25, 0.3) is 11.1 Å². The van der Waals surface area contributed by atoms with Crippen LogP contribution in [-0.2, 0) is 42.6 Å². The Hall–Kier alpha value is -3.96. The zero-order chi connectivity index (χ0) is 42.5.